The van der Waals surface area contributed by atoms with Crippen LogP contribution in [-0.2, 0) is 4.79 Å². The van der Waals surface area contributed by atoms with E-state index in [2.05, 4.69) is 16.0 Å². The van der Waals surface area contributed by atoms with E-state index in [9.17, 15) is 14.4 Å². The minimum Gasteiger partial charge on any atom is -0.478 e. The Morgan fingerprint density at radius 1 is 1.38 bits per heavy atom. The van der Waals surface area contributed by atoms with Crippen LogP contribution in [0.2, 0.25) is 0 Å². The molecular weight excluding hydrogens is 274 g/mol. The molecule has 1 aliphatic heterocycles. The van der Waals surface area contributed by atoms with Gasteiger partial charge in [-0.1, -0.05) is 6.07 Å². The molecule has 7 nitrogen and oxygen atoms in total. The third-order valence-electron chi connectivity index (χ3n) is 3.41. The second-order valence-electron chi connectivity index (χ2n) is 4.92. The molecule has 1 aliphatic rings. The van der Waals surface area contributed by atoms with Gasteiger partial charge in [-0.3, -0.25) is 4.79 Å². The number of amides is 3. The zero-order valence-corrected chi connectivity index (χ0v) is 11.6. The van der Waals surface area contributed by atoms with Gasteiger partial charge >= 0.3 is 12.0 Å². The highest BCUT2D eigenvalue weighted by atomic mass is 16.4. The Balaban J connectivity index is 1.98. The summed E-state index contributed by atoms with van der Waals surface area (Å²) >= 11 is 0. The van der Waals surface area contributed by atoms with E-state index < -0.39 is 12.0 Å². The highest BCUT2D eigenvalue weighted by Gasteiger charge is 2.20. The number of anilines is 1. The van der Waals surface area contributed by atoms with Crippen molar-refractivity contribution in [3.63, 3.8) is 0 Å². The zero-order valence-electron chi connectivity index (χ0n) is 11.6. The molecule has 3 amide bonds. The van der Waals surface area contributed by atoms with Crippen LogP contribution in [-0.4, -0.2) is 35.6 Å². The number of carbonyl (C=O) groups is 3. The Bertz CT molecular complexity index is 576. The maximum absolute atomic E-state index is 11.9. The number of carbonyl (C=O) groups excluding carboxylic acids is 2. The van der Waals surface area contributed by atoms with Gasteiger partial charge in [0, 0.05) is 24.7 Å². The number of rotatable bonds is 3. The molecule has 4 N–H and O–H groups in total. The molecule has 1 saturated heterocycles. The smallest absolute Gasteiger partial charge is 0.336 e. The molecule has 2 rings (SSSR count). The predicted molar refractivity (Wildman–Crippen MR) is 76.3 cm³/mol. The molecule has 0 saturated carbocycles. The molecule has 1 atom stereocenters. The fraction of sp³-hybridized carbons (Fsp3) is 0.357. The van der Waals surface area contributed by atoms with Crippen molar-refractivity contribution in [3.05, 3.63) is 29.3 Å². The van der Waals surface area contributed by atoms with Crippen LogP contribution >= 0.6 is 0 Å². The number of hydrogen-bond donors (Lipinski definition) is 4. The van der Waals surface area contributed by atoms with Crippen LogP contribution in [0.5, 0.6) is 0 Å². The molecule has 1 unspecified atom stereocenters. The Morgan fingerprint density at radius 3 is 2.76 bits per heavy atom. The Kier molecular flexibility index (Phi) is 4.42. The lowest BCUT2D eigenvalue weighted by Gasteiger charge is -2.23. The summed E-state index contributed by atoms with van der Waals surface area (Å²) in [5.74, 6) is -1.05. The van der Waals surface area contributed by atoms with Crippen molar-refractivity contribution >= 4 is 23.6 Å². The summed E-state index contributed by atoms with van der Waals surface area (Å²) in [5, 5.41) is 17.1. The minimum atomic E-state index is -1.04. The molecule has 0 radical (unpaired) electrons. The van der Waals surface area contributed by atoms with Gasteiger partial charge in [0.05, 0.1) is 5.56 Å². The molecule has 1 aromatic carbocycles. The predicted octanol–water partition coefficient (Wildman–Crippen LogP) is 1.09. The standard InChI is InChI=1S/C14H17N3O4/c1-8-10(13(19)20)3-2-4-11(8)17-14(21)16-9-5-6-12(18)15-7-9/h2-4,9H,5-7H2,1H3,(H,15,18)(H,19,20)(H2,16,17,21). The number of benzene rings is 1. The van der Waals surface area contributed by atoms with Crippen LogP contribution in [0.1, 0.15) is 28.8 Å². The van der Waals surface area contributed by atoms with Gasteiger partial charge in [-0.05, 0) is 31.0 Å². The van der Waals surface area contributed by atoms with E-state index in [4.69, 9.17) is 5.11 Å². The van der Waals surface area contributed by atoms with Gasteiger partial charge in [-0.25, -0.2) is 9.59 Å². The van der Waals surface area contributed by atoms with Crippen LogP contribution in [0.4, 0.5) is 10.5 Å². The van der Waals surface area contributed by atoms with Crippen molar-refractivity contribution in [3.8, 4) is 0 Å². The molecule has 0 aromatic heterocycles. The maximum Gasteiger partial charge on any atom is 0.336 e. The topological polar surface area (TPSA) is 108 Å². The molecule has 1 aromatic rings. The van der Waals surface area contributed by atoms with Crippen LogP contribution in [0.15, 0.2) is 18.2 Å². The lowest BCUT2D eigenvalue weighted by Crippen LogP contribution is -2.48. The largest absolute Gasteiger partial charge is 0.478 e. The highest BCUT2D eigenvalue weighted by Crippen LogP contribution is 2.19. The van der Waals surface area contributed by atoms with Crippen molar-refractivity contribution in [2.45, 2.75) is 25.8 Å². The average molecular weight is 291 g/mol. The van der Waals surface area contributed by atoms with Gasteiger partial charge < -0.3 is 21.1 Å². The normalized spacial score (nSPS) is 17.8. The van der Waals surface area contributed by atoms with Gasteiger partial charge in [0.1, 0.15) is 0 Å². The lowest BCUT2D eigenvalue weighted by molar-refractivity contribution is -0.122. The third-order valence-corrected chi connectivity index (χ3v) is 3.41. The van der Waals surface area contributed by atoms with E-state index in [0.29, 0.717) is 30.6 Å². The van der Waals surface area contributed by atoms with E-state index in [1.165, 1.54) is 6.07 Å². The first-order valence-electron chi connectivity index (χ1n) is 6.64. The molecular formula is C14H17N3O4. The lowest BCUT2D eigenvalue weighted by atomic mass is 10.1. The van der Waals surface area contributed by atoms with Gasteiger partial charge in [0.25, 0.3) is 0 Å². The van der Waals surface area contributed by atoms with E-state index in [1.54, 1.807) is 19.1 Å². The first-order chi connectivity index (χ1) is 9.97. The van der Waals surface area contributed by atoms with E-state index in [1.807, 2.05) is 0 Å². The summed E-state index contributed by atoms with van der Waals surface area (Å²) in [6, 6.07) is 4.17. The summed E-state index contributed by atoms with van der Waals surface area (Å²) in [6.45, 7) is 2.04. The molecule has 7 heteroatoms. The molecule has 0 spiro atoms. The summed E-state index contributed by atoms with van der Waals surface area (Å²) in [4.78, 5) is 34.0. The van der Waals surface area contributed by atoms with Gasteiger partial charge in [-0.2, -0.15) is 0 Å². The molecule has 21 heavy (non-hydrogen) atoms. The summed E-state index contributed by atoms with van der Waals surface area (Å²) in [5.41, 5.74) is 1.10. The fourth-order valence-corrected chi connectivity index (χ4v) is 2.20. The molecule has 1 fully saturated rings. The van der Waals surface area contributed by atoms with Crippen LogP contribution in [0.25, 0.3) is 0 Å². The number of hydrogen-bond acceptors (Lipinski definition) is 3. The maximum atomic E-state index is 11.9. The van der Waals surface area contributed by atoms with Gasteiger partial charge in [0.2, 0.25) is 5.91 Å². The van der Waals surface area contributed by atoms with Crippen molar-refractivity contribution in [2.24, 2.45) is 0 Å². The van der Waals surface area contributed by atoms with Gasteiger partial charge in [0.15, 0.2) is 0 Å². The Morgan fingerprint density at radius 2 is 2.14 bits per heavy atom. The summed E-state index contributed by atoms with van der Waals surface area (Å²) in [6.07, 6.45) is 0.978. The third kappa shape index (κ3) is 3.71. The van der Waals surface area contributed by atoms with Crippen molar-refractivity contribution in [1.82, 2.24) is 10.6 Å². The first-order valence-corrected chi connectivity index (χ1v) is 6.64. The first kappa shape index (κ1) is 14.8. The van der Waals surface area contributed by atoms with Crippen molar-refractivity contribution in [2.75, 3.05) is 11.9 Å². The molecule has 0 bridgehead atoms. The fourth-order valence-electron chi connectivity index (χ4n) is 2.20. The quantitative estimate of drug-likeness (QED) is 0.668. The molecule has 112 valence electrons. The van der Waals surface area contributed by atoms with Crippen molar-refractivity contribution in [1.29, 1.82) is 0 Å². The van der Waals surface area contributed by atoms with Crippen LogP contribution in [0, 0.1) is 6.92 Å². The Hall–Kier alpha value is -2.57. The van der Waals surface area contributed by atoms with Gasteiger partial charge in [-0.15, -0.1) is 0 Å². The average Bonchev–Trinajstić information content (AvgIpc) is 2.43. The monoisotopic (exact) mass is 291 g/mol. The number of aromatic carboxylic acids is 1. The van der Waals surface area contributed by atoms with Crippen molar-refractivity contribution < 1.29 is 19.5 Å². The molecule has 1 heterocycles. The number of carboxylic acids is 1. The number of piperidine rings is 1. The van der Waals surface area contributed by atoms with Crippen LogP contribution in [0.3, 0.4) is 0 Å². The Labute approximate surface area is 121 Å². The van der Waals surface area contributed by atoms with Crippen LogP contribution < -0.4 is 16.0 Å². The number of nitrogens with one attached hydrogen (secondary N) is 3. The number of urea groups is 1. The van der Waals surface area contributed by atoms with E-state index >= 15 is 0 Å². The molecule has 0 aliphatic carbocycles. The summed E-state index contributed by atoms with van der Waals surface area (Å²) < 4.78 is 0. The summed E-state index contributed by atoms with van der Waals surface area (Å²) in [7, 11) is 0. The minimum absolute atomic E-state index is 0.0153. The SMILES string of the molecule is Cc1c(NC(=O)NC2CCC(=O)NC2)cccc1C(=O)O. The van der Waals surface area contributed by atoms with E-state index in [0.717, 1.165) is 0 Å². The number of carboxylic acid groups (broad SMARTS) is 1. The zero-order chi connectivity index (χ0) is 15.4. The van der Waals surface area contributed by atoms with E-state index in [-0.39, 0.29) is 17.5 Å². The second kappa shape index (κ2) is 6.25. The second-order valence-corrected chi connectivity index (χ2v) is 4.92. The highest BCUT2D eigenvalue weighted by molar-refractivity contribution is 5.95.